The van der Waals surface area contributed by atoms with Crippen molar-refractivity contribution in [1.29, 1.82) is 5.26 Å². The van der Waals surface area contributed by atoms with Crippen LogP contribution in [0.5, 0.6) is 0 Å². The molecule has 0 amide bonds. The van der Waals surface area contributed by atoms with Crippen LogP contribution < -0.4 is 0 Å². The Morgan fingerprint density at radius 2 is 2.11 bits per heavy atom. The van der Waals surface area contributed by atoms with Crippen molar-refractivity contribution in [3.05, 3.63) is 35.4 Å². The molecule has 4 heteroatoms. The molecule has 0 bridgehead atoms. The molecule has 19 heavy (non-hydrogen) atoms. The number of hydrogen-bond acceptors (Lipinski definition) is 3. The fourth-order valence-electron chi connectivity index (χ4n) is 2.58. The van der Waals surface area contributed by atoms with Crippen molar-refractivity contribution < 1.29 is 9.90 Å². The highest BCUT2D eigenvalue weighted by Crippen LogP contribution is 2.29. The monoisotopic (exact) mass is 258 g/mol. The molecule has 0 aromatic heterocycles. The van der Waals surface area contributed by atoms with Crippen molar-refractivity contribution in [2.24, 2.45) is 0 Å². The molecular formula is C15H18N2O2. The third-order valence-electron chi connectivity index (χ3n) is 3.96. The van der Waals surface area contributed by atoms with Crippen molar-refractivity contribution in [2.75, 3.05) is 6.54 Å². The summed E-state index contributed by atoms with van der Waals surface area (Å²) in [5.74, 6) is -0.749. The maximum Gasteiger partial charge on any atom is 0.323 e. The topological polar surface area (TPSA) is 64.3 Å². The molecule has 0 radical (unpaired) electrons. The van der Waals surface area contributed by atoms with E-state index in [1.54, 1.807) is 19.1 Å². The third kappa shape index (κ3) is 2.77. The predicted molar refractivity (Wildman–Crippen MR) is 71.5 cm³/mol. The highest BCUT2D eigenvalue weighted by atomic mass is 16.4. The summed E-state index contributed by atoms with van der Waals surface area (Å²) in [6, 6.07) is 9.43. The number of nitriles is 1. The van der Waals surface area contributed by atoms with Gasteiger partial charge in [-0.1, -0.05) is 12.1 Å². The number of hydrogen-bond donors (Lipinski definition) is 1. The van der Waals surface area contributed by atoms with E-state index in [9.17, 15) is 9.90 Å². The minimum Gasteiger partial charge on any atom is -0.480 e. The Balaban J connectivity index is 2.15. The second-order valence-corrected chi connectivity index (χ2v) is 5.27. The fourth-order valence-corrected chi connectivity index (χ4v) is 2.58. The van der Waals surface area contributed by atoms with Gasteiger partial charge in [0.05, 0.1) is 11.6 Å². The van der Waals surface area contributed by atoms with Crippen LogP contribution in [-0.4, -0.2) is 28.1 Å². The van der Waals surface area contributed by atoms with Crippen molar-refractivity contribution in [1.82, 2.24) is 4.90 Å². The number of carboxylic acid groups (broad SMARTS) is 1. The minimum atomic E-state index is -0.772. The lowest BCUT2D eigenvalue weighted by Gasteiger charge is -2.41. The summed E-state index contributed by atoms with van der Waals surface area (Å²) in [6.07, 6.45) is 2.70. The molecule has 1 saturated heterocycles. The SMILES string of the molecule is CC1(C(=O)O)CCCCN1Cc1ccc(C#N)cc1. The summed E-state index contributed by atoms with van der Waals surface area (Å²) >= 11 is 0. The van der Waals surface area contributed by atoms with Gasteiger partial charge in [0.1, 0.15) is 5.54 Å². The van der Waals surface area contributed by atoms with Crippen LogP contribution in [0.1, 0.15) is 37.3 Å². The zero-order valence-electron chi connectivity index (χ0n) is 11.1. The van der Waals surface area contributed by atoms with Gasteiger partial charge in [-0.3, -0.25) is 9.69 Å². The van der Waals surface area contributed by atoms with Gasteiger partial charge in [-0.25, -0.2) is 0 Å². The first-order valence-electron chi connectivity index (χ1n) is 6.54. The standard InChI is InChI=1S/C15H18N2O2/c1-15(14(18)19)8-2-3-9-17(15)11-13-6-4-12(10-16)5-7-13/h4-7H,2-3,8-9,11H2,1H3,(H,18,19). The first-order chi connectivity index (χ1) is 9.06. The van der Waals surface area contributed by atoms with Gasteiger partial charge in [-0.05, 0) is 50.4 Å². The summed E-state index contributed by atoms with van der Waals surface area (Å²) in [4.78, 5) is 13.5. The average Bonchev–Trinajstić information content (AvgIpc) is 2.42. The van der Waals surface area contributed by atoms with Crippen LogP contribution in [0.3, 0.4) is 0 Å². The number of carboxylic acids is 1. The maximum atomic E-state index is 11.5. The number of aliphatic carboxylic acids is 1. The first kappa shape index (κ1) is 13.6. The highest BCUT2D eigenvalue weighted by molar-refractivity contribution is 5.78. The van der Waals surface area contributed by atoms with Gasteiger partial charge in [-0.15, -0.1) is 0 Å². The van der Waals surface area contributed by atoms with E-state index >= 15 is 0 Å². The molecule has 0 aliphatic carbocycles. The molecule has 1 unspecified atom stereocenters. The molecule has 4 nitrogen and oxygen atoms in total. The number of nitrogens with zero attached hydrogens (tertiary/aromatic N) is 2. The zero-order valence-corrected chi connectivity index (χ0v) is 11.1. The van der Waals surface area contributed by atoms with Gasteiger partial charge in [-0.2, -0.15) is 5.26 Å². The van der Waals surface area contributed by atoms with Crippen LogP contribution >= 0.6 is 0 Å². The van der Waals surface area contributed by atoms with Gasteiger partial charge < -0.3 is 5.11 Å². The molecule has 1 aromatic carbocycles. The predicted octanol–water partition coefficient (Wildman–Crippen LogP) is 2.39. The molecule has 1 aromatic rings. The Bertz CT molecular complexity index is 504. The van der Waals surface area contributed by atoms with Crippen molar-refractivity contribution in [3.63, 3.8) is 0 Å². The lowest BCUT2D eigenvalue weighted by atomic mass is 9.88. The lowest BCUT2D eigenvalue weighted by Crippen LogP contribution is -2.54. The Kier molecular flexibility index (Phi) is 3.87. The van der Waals surface area contributed by atoms with E-state index in [2.05, 4.69) is 6.07 Å². The first-order valence-corrected chi connectivity index (χ1v) is 6.54. The van der Waals surface area contributed by atoms with E-state index in [0.717, 1.165) is 24.9 Å². The summed E-state index contributed by atoms with van der Waals surface area (Å²) in [7, 11) is 0. The van der Waals surface area contributed by atoms with Gasteiger partial charge in [0.15, 0.2) is 0 Å². The van der Waals surface area contributed by atoms with Crippen LogP contribution in [0.2, 0.25) is 0 Å². The zero-order chi connectivity index (χ0) is 13.9. The highest BCUT2D eigenvalue weighted by Gasteiger charge is 2.40. The smallest absolute Gasteiger partial charge is 0.323 e. The van der Waals surface area contributed by atoms with Crippen LogP contribution in [0.4, 0.5) is 0 Å². The fraction of sp³-hybridized carbons (Fsp3) is 0.467. The molecular weight excluding hydrogens is 240 g/mol. The summed E-state index contributed by atoms with van der Waals surface area (Å²) < 4.78 is 0. The quantitative estimate of drug-likeness (QED) is 0.904. The van der Waals surface area contributed by atoms with Crippen LogP contribution in [0.25, 0.3) is 0 Å². The lowest BCUT2D eigenvalue weighted by molar-refractivity contribution is -0.153. The maximum absolute atomic E-state index is 11.5. The number of rotatable bonds is 3. The van der Waals surface area contributed by atoms with E-state index in [0.29, 0.717) is 18.5 Å². The Hall–Kier alpha value is -1.86. The van der Waals surface area contributed by atoms with E-state index < -0.39 is 11.5 Å². The minimum absolute atomic E-state index is 0.620. The Morgan fingerprint density at radius 3 is 2.68 bits per heavy atom. The van der Waals surface area contributed by atoms with Gasteiger partial charge in [0.25, 0.3) is 0 Å². The number of carbonyl (C=O) groups is 1. The van der Waals surface area contributed by atoms with Crippen LogP contribution in [-0.2, 0) is 11.3 Å². The molecule has 2 rings (SSSR count). The molecule has 0 saturated carbocycles. The summed E-state index contributed by atoms with van der Waals surface area (Å²) in [6.45, 7) is 3.23. The summed E-state index contributed by atoms with van der Waals surface area (Å²) in [5, 5.41) is 18.2. The Morgan fingerprint density at radius 1 is 1.42 bits per heavy atom. The number of likely N-dealkylation sites (tertiary alicyclic amines) is 1. The van der Waals surface area contributed by atoms with E-state index in [1.807, 2.05) is 17.0 Å². The normalized spacial score (nSPS) is 23.8. The van der Waals surface area contributed by atoms with Gasteiger partial charge in [0, 0.05) is 6.54 Å². The van der Waals surface area contributed by atoms with E-state index in [4.69, 9.17) is 5.26 Å². The van der Waals surface area contributed by atoms with Crippen LogP contribution in [0.15, 0.2) is 24.3 Å². The molecule has 1 N–H and O–H groups in total. The number of piperidine rings is 1. The molecule has 100 valence electrons. The van der Waals surface area contributed by atoms with Crippen LogP contribution in [0, 0.1) is 11.3 Å². The molecule has 0 spiro atoms. The second-order valence-electron chi connectivity index (χ2n) is 5.27. The van der Waals surface area contributed by atoms with Crippen molar-refractivity contribution in [2.45, 2.75) is 38.3 Å². The third-order valence-corrected chi connectivity index (χ3v) is 3.96. The molecule has 1 atom stereocenters. The Labute approximate surface area is 113 Å². The van der Waals surface area contributed by atoms with Gasteiger partial charge >= 0.3 is 5.97 Å². The number of benzene rings is 1. The summed E-state index contributed by atoms with van der Waals surface area (Å²) in [5.41, 5.74) is 0.906. The van der Waals surface area contributed by atoms with E-state index in [-0.39, 0.29) is 0 Å². The molecule has 1 aliphatic heterocycles. The molecule has 1 heterocycles. The largest absolute Gasteiger partial charge is 0.480 e. The second kappa shape index (κ2) is 5.41. The molecule has 1 aliphatic rings. The average molecular weight is 258 g/mol. The molecule has 1 fully saturated rings. The van der Waals surface area contributed by atoms with Crippen molar-refractivity contribution >= 4 is 5.97 Å². The van der Waals surface area contributed by atoms with Crippen molar-refractivity contribution in [3.8, 4) is 6.07 Å². The van der Waals surface area contributed by atoms with Gasteiger partial charge in [0.2, 0.25) is 0 Å². The van der Waals surface area contributed by atoms with E-state index in [1.165, 1.54) is 0 Å².